The van der Waals surface area contributed by atoms with Gasteiger partial charge in [-0.15, -0.1) is 0 Å². The highest BCUT2D eigenvalue weighted by Gasteiger charge is 2.00. The fraction of sp³-hybridized carbons (Fsp3) is 0.312. The molecule has 0 atom stereocenters. The van der Waals surface area contributed by atoms with Crippen molar-refractivity contribution in [2.45, 2.75) is 6.92 Å². The average molecular weight is 256 g/mol. The summed E-state index contributed by atoms with van der Waals surface area (Å²) >= 11 is 0. The van der Waals surface area contributed by atoms with Crippen LogP contribution in [0.4, 0.5) is 0 Å². The highest BCUT2D eigenvalue weighted by molar-refractivity contribution is 5.63. The van der Waals surface area contributed by atoms with Crippen LogP contribution in [-0.2, 0) is 0 Å². The third-order valence-electron chi connectivity index (χ3n) is 2.87. The maximum atomic E-state index is 5.67. The molecule has 19 heavy (non-hydrogen) atoms. The molecule has 2 aromatic rings. The molecule has 0 amide bonds. The van der Waals surface area contributed by atoms with E-state index in [4.69, 9.17) is 4.74 Å². The molecule has 0 spiro atoms. The van der Waals surface area contributed by atoms with E-state index in [1.54, 1.807) is 0 Å². The van der Waals surface area contributed by atoms with Crippen molar-refractivity contribution in [3.63, 3.8) is 0 Å². The zero-order valence-corrected chi connectivity index (χ0v) is 11.8. The fourth-order valence-corrected chi connectivity index (χ4v) is 1.80. The van der Waals surface area contributed by atoms with Gasteiger partial charge in [-0.2, -0.15) is 0 Å². The number of aromatic nitrogens is 1. The summed E-state index contributed by atoms with van der Waals surface area (Å²) in [4.78, 5) is 6.32. The van der Waals surface area contributed by atoms with E-state index < -0.39 is 0 Å². The normalized spacial score (nSPS) is 10.7. The van der Waals surface area contributed by atoms with Gasteiger partial charge >= 0.3 is 0 Å². The molecular weight excluding hydrogens is 236 g/mol. The van der Waals surface area contributed by atoms with Crippen LogP contribution in [0.5, 0.6) is 5.75 Å². The molecule has 100 valence electrons. The van der Waals surface area contributed by atoms with Gasteiger partial charge in [0.25, 0.3) is 0 Å². The Morgan fingerprint density at radius 3 is 2.42 bits per heavy atom. The molecule has 0 N–H and O–H groups in total. The van der Waals surface area contributed by atoms with E-state index >= 15 is 0 Å². The largest absolute Gasteiger partial charge is 0.492 e. The van der Waals surface area contributed by atoms with Gasteiger partial charge in [0.2, 0.25) is 0 Å². The van der Waals surface area contributed by atoms with E-state index in [9.17, 15) is 0 Å². The predicted molar refractivity (Wildman–Crippen MR) is 78.5 cm³/mol. The first kappa shape index (κ1) is 13.6. The molecule has 0 aliphatic rings. The number of hydrogen-bond donors (Lipinski definition) is 0. The quantitative estimate of drug-likeness (QED) is 0.822. The lowest BCUT2D eigenvalue weighted by Crippen LogP contribution is -2.19. The Balaban J connectivity index is 2.02. The highest BCUT2D eigenvalue weighted by atomic mass is 16.5. The molecule has 0 radical (unpaired) electrons. The minimum absolute atomic E-state index is 0.707. The van der Waals surface area contributed by atoms with E-state index in [1.165, 1.54) is 5.56 Å². The zero-order valence-electron chi connectivity index (χ0n) is 11.8. The molecule has 0 aliphatic heterocycles. The van der Waals surface area contributed by atoms with E-state index in [-0.39, 0.29) is 0 Å². The monoisotopic (exact) mass is 256 g/mol. The van der Waals surface area contributed by atoms with Crippen molar-refractivity contribution in [3.05, 3.63) is 48.3 Å². The Morgan fingerprint density at radius 2 is 1.79 bits per heavy atom. The summed E-state index contributed by atoms with van der Waals surface area (Å²) in [6.07, 6.45) is 3.75. The number of aryl methyl sites for hydroxylation is 1. The van der Waals surface area contributed by atoms with Crippen LogP contribution < -0.4 is 4.74 Å². The number of pyridine rings is 1. The highest BCUT2D eigenvalue weighted by Crippen LogP contribution is 2.22. The SMILES string of the molecule is Cc1cncc(-c2ccc(OCCN(C)C)cc2)c1. The van der Waals surface area contributed by atoms with Crippen LogP contribution in [0.3, 0.4) is 0 Å². The Labute approximate surface area is 114 Å². The summed E-state index contributed by atoms with van der Waals surface area (Å²) < 4.78 is 5.67. The fourth-order valence-electron chi connectivity index (χ4n) is 1.80. The van der Waals surface area contributed by atoms with Gasteiger partial charge in [0.1, 0.15) is 12.4 Å². The second-order valence-corrected chi connectivity index (χ2v) is 4.93. The Morgan fingerprint density at radius 1 is 1.05 bits per heavy atom. The van der Waals surface area contributed by atoms with E-state index in [1.807, 2.05) is 38.6 Å². The van der Waals surface area contributed by atoms with Gasteiger partial charge in [-0.05, 0) is 50.3 Å². The van der Waals surface area contributed by atoms with Gasteiger partial charge in [-0.25, -0.2) is 0 Å². The molecule has 0 fully saturated rings. The smallest absolute Gasteiger partial charge is 0.119 e. The Kier molecular flexibility index (Phi) is 4.53. The number of ether oxygens (including phenoxy) is 1. The topological polar surface area (TPSA) is 25.4 Å². The third kappa shape index (κ3) is 4.07. The van der Waals surface area contributed by atoms with Crippen molar-refractivity contribution in [1.29, 1.82) is 0 Å². The number of hydrogen-bond acceptors (Lipinski definition) is 3. The molecule has 3 heteroatoms. The molecule has 1 aromatic carbocycles. The summed E-state index contributed by atoms with van der Waals surface area (Å²) in [5.74, 6) is 0.909. The summed E-state index contributed by atoms with van der Waals surface area (Å²) in [6, 6.07) is 10.3. The summed E-state index contributed by atoms with van der Waals surface area (Å²) in [7, 11) is 4.08. The standard InChI is InChI=1S/C16H20N2O/c1-13-10-15(12-17-11-13)14-4-6-16(7-5-14)19-9-8-18(2)3/h4-7,10-12H,8-9H2,1-3H3. The molecule has 0 saturated carbocycles. The Bertz CT molecular complexity index is 521. The van der Waals surface area contributed by atoms with Crippen molar-refractivity contribution in [3.8, 4) is 16.9 Å². The van der Waals surface area contributed by atoms with Crippen LogP contribution in [0.15, 0.2) is 42.7 Å². The van der Waals surface area contributed by atoms with E-state index in [0.29, 0.717) is 6.61 Å². The molecule has 3 nitrogen and oxygen atoms in total. The third-order valence-corrected chi connectivity index (χ3v) is 2.87. The molecular formula is C16H20N2O. The first-order chi connectivity index (χ1) is 9.15. The van der Waals surface area contributed by atoms with E-state index in [0.717, 1.165) is 23.4 Å². The molecule has 0 aliphatic carbocycles. The van der Waals surface area contributed by atoms with Crippen LogP contribution in [0.2, 0.25) is 0 Å². The van der Waals surface area contributed by atoms with Crippen LogP contribution in [0.1, 0.15) is 5.56 Å². The number of rotatable bonds is 5. The average Bonchev–Trinajstić information content (AvgIpc) is 2.39. The van der Waals surface area contributed by atoms with Gasteiger partial charge in [0.05, 0.1) is 0 Å². The lowest BCUT2D eigenvalue weighted by molar-refractivity contribution is 0.261. The number of benzene rings is 1. The van der Waals surface area contributed by atoms with Crippen molar-refractivity contribution in [2.75, 3.05) is 27.2 Å². The van der Waals surface area contributed by atoms with Crippen molar-refractivity contribution < 1.29 is 4.74 Å². The van der Waals surface area contributed by atoms with Gasteiger partial charge in [0.15, 0.2) is 0 Å². The van der Waals surface area contributed by atoms with Gasteiger partial charge in [-0.1, -0.05) is 12.1 Å². The molecule has 0 unspecified atom stereocenters. The van der Waals surface area contributed by atoms with Crippen molar-refractivity contribution >= 4 is 0 Å². The molecule has 1 aromatic heterocycles. The van der Waals surface area contributed by atoms with Gasteiger partial charge in [-0.3, -0.25) is 4.98 Å². The summed E-state index contributed by atoms with van der Waals surface area (Å²) in [6.45, 7) is 3.68. The minimum atomic E-state index is 0.707. The van der Waals surface area contributed by atoms with Crippen LogP contribution >= 0.6 is 0 Å². The van der Waals surface area contributed by atoms with Crippen LogP contribution in [0.25, 0.3) is 11.1 Å². The van der Waals surface area contributed by atoms with Crippen molar-refractivity contribution in [2.24, 2.45) is 0 Å². The molecule has 2 rings (SSSR count). The summed E-state index contributed by atoms with van der Waals surface area (Å²) in [5, 5.41) is 0. The van der Waals surface area contributed by atoms with Gasteiger partial charge < -0.3 is 9.64 Å². The van der Waals surface area contributed by atoms with Gasteiger partial charge in [0, 0.05) is 24.5 Å². The maximum absolute atomic E-state index is 5.67. The lowest BCUT2D eigenvalue weighted by Gasteiger charge is -2.11. The second kappa shape index (κ2) is 6.34. The molecule has 1 heterocycles. The number of likely N-dealkylation sites (N-methyl/N-ethyl adjacent to an activating group) is 1. The minimum Gasteiger partial charge on any atom is -0.492 e. The van der Waals surface area contributed by atoms with Crippen LogP contribution in [0, 0.1) is 6.92 Å². The molecule has 0 saturated heterocycles. The second-order valence-electron chi connectivity index (χ2n) is 4.93. The maximum Gasteiger partial charge on any atom is 0.119 e. The lowest BCUT2D eigenvalue weighted by atomic mass is 10.1. The first-order valence-electron chi connectivity index (χ1n) is 6.45. The molecule has 0 bridgehead atoms. The number of nitrogens with zero attached hydrogens (tertiary/aromatic N) is 2. The summed E-state index contributed by atoms with van der Waals surface area (Å²) in [5.41, 5.74) is 3.47. The predicted octanol–water partition coefficient (Wildman–Crippen LogP) is 3.00. The van der Waals surface area contributed by atoms with Crippen molar-refractivity contribution in [1.82, 2.24) is 9.88 Å². The Hall–Kier alpha value is -1.87. The zero-order chi connectivity index (χ0) is 13.7. The van der Waals surface area contributed by atoms with E-state index in [2.05, 4.69) is 35.0 Å². The first-order valence-corrected chi connectivity index (χ1v) is 6.45. The van der Waals surface area contributed by atoms with Crippen LogP contribution in [-0.4, -0.2) is 37.1 Å².